The third kappa shape index (κ3) is 2.81. The van der Waals surface area contributed by atoms with Crippen LogP contribution in [0, 0.1) is 0 Å². The van der Waals surface area contributed by atoms with Crippen molar-refractivity contribution in [3.05, 3.63) is 120 Å². The van der Waals surface area contributed by atoms with E-state index in [2.05, 4.69) is 124 Å². The van der Waals surface area contributed by atoms with Gasteiger partial charge in [0.25, 0.3) is 0 Å². The summed E-state index contributed by atoms with van der Waals surface area (Å²) in [4.78, 5) is 5.04. The standard InChI is InChI=1S/C29H22N4/c1-2-10-20(11-3-1)18-32-19-23(21-12-5-8-16-26(21)32)29-30-24-14-6-4-13-22(24)28-31-25-15-7-9-17-27(25)33(28)29/h1-17,19,29-30H,18H2/t29-/m1/s1. The molecule has 0 fully saturated rings. The molecule has 0 aliphatic carbocycles. The van der Waals surface area contributed by atoms with Gasteiger partial charge in [0, 0.05) is 40.5 Å². The second-order valence-corrected chi connectivity index (χ2v) is 8.60. The number of aromatic nitrogens is 3. The lowest BCUT2D eigenvalue weighted by Crippen LogP contribution is -2.24. The molecule has 4 aromatic carbocycles. The maximum absolute atomic E-state index is 5.04. The van der Waals surface area contributed by atoms with Crippen LogP contribution in [0.2, 0.25) is 0 Å². The Morgan fingerprint density at radius 1 is 0.727 bits per heavy atom. The SMILES string of the molecule is c1ccc(Cn2cc([C@@H]3Nc4ccccc4-c4nc5ccccc5n43)c3ccccc32)cc1. The van der Waals surface area contributed by atoms with E-state index in [-0.39, 0.29) is 6.17 Å². The van der Waals surface area contributed by atoms with Crippen LogP contribution in [0.3, 0.4) is 0 Å². The fourth-order valence-electron chi connectivity index (χ4n) is 5.13. The van der Waals surface area contributed by atoms with Gasteiger partial charge in [-0.1, -0.05) is 72.8 Å². The summed E-state index contributed by atoms with van der Waals surface area (Å²) in [6, 6.07) is 36.2. The maximum Gasteiger partial charge on any atom is 0.145 e. The first-order valence-electron chi connectivity index (χ1n) is 11.3. The van der Waals surface area contributed by atoms with Gasteiger partial charge in [0.1, 0.15) is 12.0 Å². The molecule has 4 heteroatoms. The number of benzene rings is 4. The van der Waals surface area contributed by atoms with Crippen molar-refractivity contribution in [1.82, 2.24) is 14.1 Å². The molecule has 0 unspecified atom stereocenters. The van der Waals surface area contributed by atoms with E-state index in [1.54, 1.807) is 0 Å². The quantitative estimate of drug-likeness (QED) is 0.343. The summed E-state index contributed by atoms with van der Waals surface area (Å²) in [5.41, 5.74) is 8.19. The van der Waals surface area contributed by atoms with Crippen LogP contribution >= 0.6 is 0 Å². The zero-order valence-electron chi connectivity index (χ0n) is 18.0. The normalized spacial score (nSPS) is 14.7. The Morgan fingerprint density at radius 2 is 1.45 bits per heavy atom. The molecule has 1 aliphatic heterocycles. The highest BCUT2D eigenvalue weighted by Crippen LogP contribution is 2.42. The van der Waals surface area contributed by atoms with Crippen molar-refractivity contribution in [3.63, 3.8) is 0 Å². The Balaban J connectivity index is 1.47. The molecule has 4 nitrogen and oxygen atoms in total. The van der Waals surface area contributed by atoms with Crippen LogP contribution < -0.4 is 5.32 Å². The smallest absolute Gasteiger partial charge is 0.145 e. The van der Waals surface area contributed by atoms with Crippen molar-refractivity contribution < 1.29 is 0 Å². The number of nitrogens with zero attached hydrogens (tertiary/aromatic N) is 3. The number of hydrogen-bond acceptors (Lipinski definition) is 2. The van der Waals surface area contributed by atoms with Crippen molar-refractivity contribution in [3.8, 4) is 11.4 Å². The number of para-hydroxylation sites is 4. The van der Waals surface area contributed by atoms with Crippen LogP contribution in [0.1, 0.15) is 17.3 Å². The largest absolute Gasteiger partial charge is 0.360 e. The van der Waals surface area contributed by atoms with E-state index in [4.69, 9.17) is 4.98 Å². The Labute approximate surface area is 191 Å². The molecule has 0 saturated heterocycles. The van der Waals surface area contributed by atoms with Gasteiger partial charge in [-0.15, -0.1) is 0 Å². The molecule has 1 N–H and O–H groups in total. The van der Waals surface area contributed by atoms with E-state index in [1.165, 1.54) is 22.0 Å². The summed E-state index contributed by atoms with van der Waals surface area (Å²) in [7, 11) is 0. The summed E-state index contributed by atoms with van der Waals surface area (Å²) in [6.07, 6.45) is 2.26. The predicted octanol–water partition coefficient (Wildman–Crippen LogP) is 6.68. The van der Waals surface area contributed by atoms with Crippen LogP contribution in [0.5, 0.6) is 0 Å². The number of nitrogens with one attached hydrogen (secondary N) is 1. The average Bonchev–Trinajstić information content (AvgIpc) is 3.44. The topological polar surface area (TPSA) is 34.8 Å². The molecule has 3 heterocycles. The molecule has 0 radical (unpaired) electrons. The van der Waals surface area contributed by atoms with E-state index in [0.717, 1.165) is 34.7 Å². The van der Waals surface area contributed by atoms with Crippen molar-refractivity contribution in [2.75, 3.05) is 5.32 Å². The Hall–Kier alpha value is -4.31. The fourth-order valence-corrected chi connectivity index (χ4v) is 5.13. The lowest BCUT2D eigenvalue weighted by atomic mass is 10.0. The highest BCUT2D eigenvalue weighted by Gasteiger charge is 2.30. The summed E-state index contributed by atoms with van der Waals surface area (Å²) in [5, 5.41) is 5.09. The molecule has 0 amide bonds. The molecular weight excluding hydrogens is 404 g/mol. The minimum atomic E-state index is -0.0516. The van der Waals surface area contributed by atoms with E-state index < -0.39 is 0 Å². The van der Waals surface area contributed by atoms with Gasteiger partial charge in [-0.25, -0.2) is 4.98 Å². The third-order valence-electron chi connectivity index (χ3n) is 6.62. The monoisotopic (exact) mass is 426 g/mol. The highest BCUT2D eigenvalue weighted by atomic mass is 15.2. The molecule has 7 rings (SSSR count). The number of fused-ring (bicyclic) bond motifs is 6. The number of rotatable bonds is 3. The zero-order valence-corrected chi connectivity index (χ0v) is 18.0. The van der Waals surface area contributed by atoms with E-state index in [0.29, 0.717) is 0 Å². The van der Waals surface area contributed by atoms with Crippen LogP contribution in [-0.4, -0.2) is 14.1 Å². The van der Waals surface area contributed by atoms with Gasteiger partial charge in [-0.2, -0.15) is 0 Å². The van der Waals surface area contributed by atoms with E-state index in [1.807, 2.05) is 0 Å². The second-order valence-electron chi connectivity index (χ2n) is 8.60. The average molecular weight is 427 g/mol. The second kappa shape index (κ2) is 7.10. The van der Waals surface area contributed by atoms with Crippen molar-refractivity contribution in [1.29, 1.82) is 0 Å². The van der Waals surface area contributed by atoms with Gasteiger partial charge in [0.05, 0.1) is 11.0 Å². The minimum Gasteiger partial charge on any atom is -0.360 e. The van der Waals surface area contributed by atoms with Gasteiger partial charge in [0.15, 0.2) is 0 Å². The molecule has 0 spiro atoms. The predicted molar refractivity (Wildman–Crippen MR) is 134 cm³/mol. The first kappa shape index (κ1) is 18.3. The maximum atomic E-state index is 5.04. The Bertz CT molecular complexity index is 1620. The Morgan fingerprint density at radius 3 is 2.36 bits per heavy atom. The highest BCUT2D eigenvalue weighted by molar-refractivity contribution is 5.90. The summed E-state index contributed by atoms with van der Waals surface area (Å²) >= 11 is 0. The molecule has 1 aliphatic rings. The first-order chi connectivity index (χ1) is 16.4. The molecule has 2 aromatic heterocycles. The number of anilines is 1. The first-order valence-corrected chi connectivity index (χ1v) is 11.3. The lowest BCUT2D eigenvalue weighted by Gasteiger charge is -2.30. The molecule has 0 bridgehead atoms. The Kier molecular flexibility index (Phi) is 3.94. The van der Waals surface area contributed by atoms with Crippen LogP contribution in [0.4, 0.5) is 5.69 Å². The van der Waals surface area contributed by atoms with Gasteiger partial charge in [-0.3, -0.25) is 4.57 Å². The van der Waals surface area contributed by atoms with Crippen LogP contribution in [0.15, 0.2) is 109 Å². The third-order valence-corrected chi connectivity index (χ3v) is 6.62. The molecule has 6 aromatic rings. The van der Waals surface area contributed by atoms with Crippen LogP contribution in [0.25, 0.3) is 33.3 Å². The van der Waals surface area contributed by atoms with Gasteiger partial charge < -0.3 is 9.88 Å². The van der Waals surface area contributed by atoms with Crippen molar-refractivity contribution >= 4 is 27.6 Å². The van der Waals surface area contributed by atoms with Gasteiger partial charge in [0.2, 0.25) is 0 Å². The van der Waals surface area contributed by atoms with E-state index >= 15 is 0 Å². The lowest BCUT2D eigenvalue weighted by molar-refractivity contribution is 0.668. The van der Waals surface area contributed by atoms with Crippen LogP contribution in [-0.2, 0) is 6.54 Å². The summed E-state index contributed by atoms with van der Waals surface area (Å²) in [5.74, 6) is 1.01. The van der Waals surface area contributed by atoms with E-state index in [9.17, 15) is 0 Å². The van der Waals surface area contributed by atoms with Crippen molar-refractivity contribution in [2.45, 2.75) is 12.7 Å². The molecule has 33 heavy (non-hydrogen) atoms. The number of hydrogen-bond donors (Lipinski definition) is 1. The minimum absolute atomic E-state index is 0.0516. The van der Waals surface area contributed by atoms with Gasteiger partial charge >= 0.3 is 0 Å². The number of imidazole rings is 1. The summed E-state index contributed by atoms with van der Waals surface area (Å²) in [6.45, 7) is 0.836. The zero-order chi connectivity index (χ0) is 21.8. The molecular formula is C29H22N4. The molecule has 158 valence electrons. The van der Waals surface area contributed by atoms with Crippen molar-refractivity contribution in [2.24, 2.45) is 0 Å². The summed E-state index contributed by atoms with van der Waals surface area (Å²) < 4.78 is 4.72. The molecule has 0 saturated carbocycles. The fraction of sp³-hybridized carbons (Fsp3) is 0.0690. The van der Waals surface area contributed by atoms with Gasteiger partial charge in [-0.05, 0) is 35.9 Å². The molecule has 1 atom stereocenters.